The largest absolute Gasteiger partial charge is 0.355 e. The van der Waals surface area contributed by atoms with Gasteiger partial charge >= 0.3 is 0 Å². The number of nitrogens with zero attached hydrogens (tertiary/aromatic N) is 2. The maximum Gasteiger partial charge on any atom is 0.285 e. The lowest BCUT2D eigenvalue weighted by molar-refractivity contribution is -0.121. The van der Waals surface area contributed by atoms with Crippen LogP contribution in [-0.4, -0.2) is 38.2 Å². The minimum atomic E-state index is -3.65. The highest BCUT2D eigenvalue weighted by Crippen LogP contribution is 2.30. The predicted molar refractivity (Wildman–Crippen MR) is 107 cm³/mol. The molecule has 1 atom stereocenters. The van der Waals surface area contributed by atoms with Crippen LogP contribution in [0.15, 0.2) is 62.3 Å². The molecule has 0 bridgehead atoms. The van der Waals surface area contributed by atoms with Crippen molar-refractivity contribution in [3.05, 3.63) is 58.6 Å². The average molecular weight is 448 g/mol. The molecule has 0 aromatic heterocycles. The second kappa shape index (κ2) is 7.09. The van der Waals surface area contributed by atoms with E-state index in [0.717, 1.165) is 23.0 Å². The number of carbonyl (C=O) groups is 1. The number of amidine groups is 1. The summed E-state index contributed by atoms with van der Waals surface area (Å²) < 4.78 is 29.5. The van der Waals surface area contributed by atoms with Crippen molar-refractivity contribution in [1.82, 2.24) is 4.90 Å². The first-order chi connectivity index (χ1) is 12.9. The van der Waals surface area contributed by atoms with Crippen molar-refractivity contribution in [2.75, 3.05) is 18.4 Å². The number of halogens is 1. The Bertz CT molecular complexity index is 1020. The predicted octanol–water partition coefficient (Wildman–Crippen LogP) is 3.25. The molecule has 1 unspecified atom stereocenters. The molecule has 140 valence electrons. The Morgan fingerprint density at radius 1 is 1.15 bits per heavy atom. The Labute approximate surface area is 166 Å². The zero-order chi connectivity index (χ0) is 19.0. The molecule has 0 radical (unpaired) electrons. The van der Waals surface area contributed by atoms with Crippen LogP contribution in [0.3, 0.4) is 0 Å². The average Bonchev–Trinajstić information content (AvgIpc) is 2.95. The highest BCUT2D eigenvalue weighted by atomic mass is 79.9. The molecular weight excluding hydrogens is 430 g/mol. The molecule has 2 aliphatic heterocycles. The maximum atomic E-state index is 12.7. The number of likely N-dealkylation sites (tertiary alicyclic amines) is 1. The Kier molecular flexibility index (Phi) is 4.77. The van der Waals surface area contributed by atoms with Crippen molar-refractivity contribution in [2.24, 2.45) is 10.3 Å². The number of benzene rings is 2. The molecule has 6 nitrogen and oxygen atoms in total. The van der Waals surface area contributed by atoms with Crippen LogP contribution < -0.4 is 5.32 Å². The van der Waals surface area contributed by atoms with Gasteiger partial charge in [-0.25, -0.2) is 0 Å². The quantitative estimate of drug-likeness (QED) is 0.765. The number of rotatable bonds is 2. The highest BCUT2D eigenvalue weighted by Gasteiger charge is 2.35. The summed E-state index contributed by atoms with van der Waals surface area (Å²) in [5, 5.41) is 2.94. The lowest BCUT2D eigenvalue weighted by Gasteiger charge is -2.33. The van der Waals surface area contributed by atoms with Crippen molar-refractivity contribution in [3.8, 4) is 0 Å². The monoisotopic (exact) mass is 447 g/mol. The molecule has 0 saturated carbocycles. The number of anilines is 1. The van der Waals surface area contributed by atoms with Crippen LogP contribution >= 0.6 is 15.9 Å². The minimum absolute atomic E-state index is 0.0586. The zero-order valence-electron chi connectivity index (χ0n) is 14.4. The van der Waals surface area contributed by atoms with Crippen molar-refractivity contribution < 1.29 is 13.2 Å². The molecule has 2 aromatic carbocycles. The lowest BCUT2D eigenvalue weighted by atomic mass is 9.96. The van der Waals surface area contributed by atoms with Crippen LogP contribution in [0, 0.1) is 5.92 Å². The van der Waals surface area contributed by atoms with Crippen LogP contribution in [0.25, 0.3) is 0 Å². The number of carbonyl (C=O) groups excluding carboxylic acids is 1. The lowest BCUT2D eigenvalue weighted by Crippen LogP contribution is -2.43. The van der Waals surface area contributed by atoms with Gasteiger partial charge in [0.15, 0.2) is 5.84 Å². The Morgan fingerprint density at radius 2 is 1.89 bits per heavy atom. The highest BCUT2D eigenvalue weighted by molar-refractivity contribution is 9.10. The smallest absolute Gasteiger partial charge is 0.285 e. The first-order valence-corrected chi connectivity index (χ1v) is 10.9. The van der Waals surface area contributed by atoms with Gasteiger partial charge in [0, 0.05) is 28.8 Å². The third kappa shape index (κ3) is 3.64. The van der Waals surface area contributed by atoms with E-state index < -0.39 is 10.0 Å². The molecule has 2 aliphatic rings. The SMILES string of the molecule is O=C(Nc1ccc(Br)cc1)C1CCCN(C2=NS(=O)(=O)c3ccccc32)C1. The molecule has 4 rings (SSSR count). The Balaban J connectivity index is 1.52. The number of amides is 1. The zero-order valence-corrected chi connectivity index (χ0v) is 16.8. The molecule has 2 aromatic rings. The second-order valence-corrected chi connectivity index (χ2v) is 9.16. The van der Waals surface area contributed by atoms with Crippen molar-refractivity contribution in [1.29, 1.82) is 0 Å². The summed E-state index contributed by atoms with van der Waals surface area (Å²) in [7, 11) is -3.65. The fourth-order valence-corrected chi connectivity index (χ4v) is 4.97. The van der Waals surface area contributed by atoms with E-state index in [1.54, 1.807) is 24.3 Å². The van der Waals surface area contributed by atoms with Gasteiger partial charge in [-0.15, -0.1) is 4.40 Å². The second-order valence-electron chi connectivity index (χ2n) is 6.67. The number of hydrogen-bond donors (Lipinski definition) is 1. The summed E-state index contributed by atoms with van der Waals surface area (Å²) in [6.07, 6.45) is 1.57. The van der Waals surface area contributed by atoms with Gasteiger partial charge in [0.25, 0.3) is 10.0 Å². The third-order valence-corrected chi connectivity index (χ3v) is 6.67. The van der Waals surface area contributed by atoms with Crippen molar-refractivity contribution in [2.45, 2.75) is 17.7 Å². The number of sulfonamides is 1. The molecule has 27 heavy (non-hydrogen) atoms. The van der Waals surface area contributed by atoms with Crippen molar-refractivity contribution in [3.63, 3.8) is 0 Å². The third-order valence-electron chi connectivity index (χ3n) is 4.82. The molecule has 1 N–H and O–H groups in total. The van der Waals surface area contributed by atoms with E-state index in [9.17, 15) is 13.2 Å². The van der Waals surface area contributed by atoms with E-state index in [2.05, 4.69) is 25.6 Å². The first kappa shape index (κ1) is 18.2. The molecule has 0 spiro atoms. The van der Waals surface area contributed by atoms with Gasteiger partial charge in [-0.05, 0) is 49.2 Å². The van der Waals surface area contributed by atoms with E-state index in [0.29, 0.717) is 24.5 Å². The first-order valence-electron chi connectivity index (χ1n) is 8.70. The molecule has 1 saturated heterocycles. The summed E-state index contributed by atoms with van der Waals surface area (Å²) in [5.74, 6) is 0.170. The van der Waals surface area contributed by atoms with Crippen LogP contribution in [0.4, 0.5) is 5.69 Å². The fraction of sp³-hybridized carbons (Fsp3) is 0.263. The van der Waals surface area contributed by atoms with Crippen molar-refractivity contribution >= 4 is 43.4 Å². The summed E-state index contributed by atoms with van der Waals surface area (Å²) in [5.41, 5.74) is 1.36. The number of piperidine rings is 1. The summed E-state index contributed by atoms with van der Waals surface area (Å²) >= 11 is 3.37. The van der Waals surface area contributed by atoms with E-state index in [1.165, 1.54) is 0 Å². The van der Waals surface area contributed by atoms with E-state index in [4.69, 9.17) is 0 Å². The fourth-order valence-electron chi connectivity index (χ4n) is 3.48. The van der Waals surface area contributed by atoms with E-state index in [1.807, 2.05) is 29.2 Å². The summed E-state index contributed by atoms with van der Waals surface area (Å²) in [6.45, 7) is 1.13. The standard InChI is InChI=1S/C19H18BrN3O3S/c20-14-7-9-15(10-8-14)21-19(24)13-4-3-11-23(12-13)18-16-5-1-2-6-17(16)27(25,26)22-18/h1-2,5-10,13H,3-4,11-12H2,(H,21,24). The molecule has 0 aliphatic carbocycles. The van der Waals surface area contributed by atoms with E-state index >= 15 is 0 Å². The molecule has 2 heterocycles. The molecule has 8 heteroatoms. The summed E-state index contributed by atoms with van der Waals surface area (Å²) in [4.78, 5) is 14.8. The molecular formula is C19H18BrN3O3S. The molecule has 1 amide bonds. The number of nitrogens with one attached hydrogen (secondary N) is 1. The van der Waals surface area contributed by atoms with Gasteiger partial charge in [-0.2, -0.15) is 8.42 Å². The normalized spacial score (nSPS) is 20.7. The van der Waals surface area contributed by atoms with Gasteiger partial charge in [0.05, 0.1) is 5.92 Å². The van der Waals surface area contributed by atoms with Crippen LogP contribution in [0.2, 0.25) is 0 Å². The van der Waals surface area contributed by atoms with Gasteiger partial charge in [0.1, 0.15) is 4.90 Å². The van der Waals surface area contributed by atoms with Gasteiger partial charge in [0.2, 0.25) is 5.91 Å². The Morgan fingerprint density at radius 3 is 2.67 bits per heavy atom. The van der Waals surface area contributed by atoms with Crippen LogP contribution in [-0.2, 0) is 14.8 Å². The maximum absolute atomic E-state index is 12.7. The van der Waals surface area contributed by atoms with Gasteiger partial charge < -0.3 is 10.2 Å². The van der Waals surface area contributed by atoms with Crippen LogP contribution in [0.1, 0.15) is 18.4 Å². The number of fused-ring (bicyclic) bond motifs is 1. The molecule has 1 fully saturated rings. The Hall–Kier alpha value is -2.19. The summed E-state index contributed by atoms with van der Waals surface area (Å²) in [6, 6.07) is 14.3. The van der Waals surface area contributed by atoms with Gasteiger partial charge in [-0.3, -0.25) is 4.79 Å². The minimum Gasteiger partial charge on any atom is -0.355 e. The van der Waals surface area contributed by atoms with Gasteiger partial charge in [-0.1, -0.05) is 28.1 Å². The van der Waals surface area contributed by atoms with Crippen LogP contribution in [0.5, 0.6) is 0 Å². The van der Waals surface area contributed by atoms with E-state index in [-0.39, 0.29) is 16.7 Å². The number of hydrogen-bond acceptors (Lipinski definition) is 4. The topological polar surface area (TPSA) is 78.8 Å².